The standard InChI is InChI=1S/C8H12N2O2S/c1-11-6-3-4-7(12-2)8(5-6)13-10-9/h3-5,10H,9H2,1-2H3. The van der Waals surface area contributed by atoms with Crippen LogP contribution in [-0.2, 0) is 0 Å². The third kappa shape index (κ3) is 2.51. The summed E-state index contributed by atoms with van der Waals surface area (Å²) in [4.78, 5) is 3.38. The van der Waals surface area contributed by atoms with Gasteiger partial charge in [0.2, 0.25) is 0 Å². The summed E-state index contributed by atoms with van der Waals surface area (Å²) in [5.41, 5.74) is 0. The highest BCUT2D eigenvalue weighted by Gasteiger charge is 2.04. The second-order valence-corrected chi connectivity index (χ2v) is 3.12. The van der Waals surface area contributed by atoms with Crippen molar-refractivity contribution < 1.29 is 9.47 Å². The normalized spacial score (nSPS) is 9.77. The molecule has 72 valence electrons. The molecule has 0 heterocycles. The molecule has 0 saturated heterocycles. The van der Waals surface area contributed by atoms with Gasteiger partial charge in [-0.15, -0.1) is 0 Å². The summed E-state index contributed by atoms with van der Waals surface area (Å²) in [6.45, 7) is 0. The van der Waals surface area contributed by atoms with Crippen LogP contribution in [0.1, 0.15) is 0 Å². The van der Waals surface area contributed by atoms with E-state index in [0.717, 1.165) is 16.4 Å². The van der Waals surface area contributed by atoms with Crippen molar-refractivity contribution >= 4 is 11.9 Å². The molecule has 0 radical (unpaired) electrons. The SMILES string of the molecule is COc1ccc(OC)c(SNN)c1. The molecule has 0 aliphatic heterocycles. The van der Waals surface area contributed by atoms with E-state index in [0.29, 0.717) is 0 Å². The van der Waals surface area contributed by atoms with Crippen molar-refractivity contribution in [1.82, 2.24) is 4.83 Å². The topological polar surface area (TPSA) is 56.5 Å². The van der Waals surface area contributed by atoms with Crippen LogP contribution in [0.4, 0.5) is 0 Å². The number of ether oxygens (including phenoxy) is 2. The zero-order chi connectivity index (χ0) is 9.68. The Kier molecular flexibility index (Phi) is 3.88. The van der Waals surface area contributed by atoms with E-state index in [2.05, 4.69) is 4.83 Å². The van der Waals surface area contributed by atoms with Gasteiger partial charge < -0.3 is 9.47 Å². The molecule has 1 rings (SSSR count). The van der Waals surface area contributed by atoms with Crippen LogP contribution in [0.15, 0.2) is 23.1 Å². The average molecular weight is 200 g/mol. The van der Waals surface area contributed by atoms with E-state index >= 15 is 0 Å². The van der Waals surface area contributed by atoms with Gasteiger partial charge in [-0.05, 0) is 30.1 Å². The maximum Gasteiger partial charge on any atom is 0.134 e. The molecular weight excluding hydrogens is 188 g/mol. The van der Waals surface area contributed by atoms with Crippen molar-refractivity contribution in [3.05, 3.63) is 18.2 Å². The van der Waals surface area contributed by atoms with Crippen molar-refractivity contribution in [2.24, 2.45) is 5.84 Å². The van der Waals surface area contributed by atoms with E-state index in [1.807, 2.05) is 18.2 Å². The number of hydrogen-bond donors (Lipinski definition) is 2. The summed E-state index contributed by atoms with van der Waals surface area (Å²) >= 11 is 1.28. The van der Waals surface area contributed by atoms with Crippen LogP contribution >= 0.6 is 11.9 Å². The molecule has 5 heteroatoms. The van der Waals surface area contributed by atoms with E-state index in [1.54, 1.807) is 14.2 Å². The van der Waals surface area contributed by atoms with Gasteiger partial charge in [0.1, 0.15) is 11.5 Å². The lowest BCUT2D eigenvalue weighted by Crippen LogP contribution is -2.11. The lowest BCUT2D eigenvalue weighted by atomic mass is 10.3. The molecular formula is C8H12N2O2S. The van der Waals surface area contributed by atoms with Crippen LogP contribution in [0, 0.1) is 0 Å². The first kappa shape index (κ1) is 10.2. The van der Waals surface area contributed by atoms with Crippen molar-refractivity contribution in [3.8, 4) is 11.5 Å². The zero-order valence-corrected chi connectivity index (χ0v) is 8.35. The number of methoxy groups -OCH3 is 2. The van der Waals surface area contributed by atoms with Crippen molar-refractivity contribution in [2.75, 3.05) is 14.2 Å². The molecule has 1 aromatic rings. The molecule has 0 atom stereocenters. The molecule has 4 nitrogen and oxygen atoms in total. The Bertz CT molecular complexity index is 281. The fourth-order valence-electron chi connectivity index (χ4n) is 0.927. The molecule has 0 aliphatic carbocycles. The number of hydrogen-bond acceptors (Lipinski definition) is 5. The quantitative estimate of drug-likeness (QED) is 0.434. The average Bonchev–Trinajstić information content (AvgIpc) is 2.18. The molecule has 0 aliphatic rings. The first-order chi connectivity index (χ1) is 6.31. The van der Waals surface area contributed by atoms with Crippen LogP contribution in [0.2, 0.25) is 0 Å². The second kappa shape index (κ2) is 4.96. The smallest absolute Gasteiger partial charge is 0.134 e. The van der Waals surface area contributed by atoms with Crippen LogP contribution in [0.5, 0.6) is 11.5 Å². The Labute approximate surface area is 81.5 Å². The van der Waals surface area contributed by atoms with Crippen LogP contribution in [0.25, 0.3) is 0 Å². The molecule has 1 aromatic carbocycles. The molecule has 13 heavy (non-hydrogen) atoms. The minimum atomic E-state index is 0.767. The first-order valence-corrected chi connectivity index (χ1v) is 4.48. The molecule has 0 spiro atoms. The lowest BCUT2D eigenvalue weighted by molar-refractivity contribution is 0.394. The summed E-state index contributed by atoms with van der Waals surface area (Å²) in [7, 11) is 3.23. The van der Waals surface area contributed by atoms with E-state index in [4.69, 9.17) is 15.3 Å². The van der Waals surface area contributed by atoms with Gasteiger partial charge in [0.25, 0.3) is 0 Å². The van der Waals surface area contributed by atoms with Crippen LogP contribution < -0.4 is 20.1 Å². The highest BCUT2D eigenvalue weighted by Crippen LogP contribution is 2.30. The molecule has 0 bridgehead atoms. The van der Waals surface area contributed by atoms with Crippen molar-refractivity contribution in [3.63, 3.8) is 0 Å². The Balaban J connectivity index is 2.95. The molecule has 0 aromatic heterocycles. The van der Waals surface area contributed by atoms with E-state index in [9.17, 15) is 0 Å². The zero-order valence-electron chi connectivity index (χ0n) is 7.53. The van der Waals surface area contributed by atoms with E-state index in [-0.39, 0.29) is 0 Å². The number of benzene rings is 1. The minimum absolute atomic E-state index is 0.767. The van der Waals surface area contributed by atoms with Crippen LogP contribution in [0.3, 0.4) is 0 Å². The number of rotatable bonds is 4. The maximum atomic E-state index is 5.19. The summed E-state index contributed by atoms with van der Waals surface area (Å²) in [5, 5.41) is 0. The van der Waals surface area contributed by atoms with Gasteiger partial charge in [-0.25, -0.2) is 0 Å². The number of nitrogens with two attached hydrogens (primary N) is 1. The fourth-order valence-corrected chi connectivity index (χ4v) is 1.48. The van der Waals surface area contributed by atoms with Gasteiger partial charge in [-0.2, -0.15) is 4.83 Å². The van der Waals surface area contributed by atoms with Gasteiger partial charge in [0.15, 0.2) is 0 Å². The Morgan fingerprint density at radius 2 is 2.08 bits per heavy atom. The highest BCUT2D eigenvalue weighted by molar-refractivity contribution is 7.97. The van der Waals surface area contributed by atoms with Crippen LogP contribution in [-0.4, -0.2) is 14.2 Å². The van der Waals surface area contributed by atoms with Gasteiger partial charge in [0.05, 0.1) is 19.1 Å². The maximum absolute atomic E-state index is 5.19. The summed E-state index contributed by atoms with van der Waals surface area (Å²) in [5.74, 6) is 6.74. The van der Waals surface area contributed by atoms with E-state index in [1.165, 1.54) is 11.9 Å². The molecule has 0 amide bonds. The van der Waals surface area contributed by atoms with Gasteiger partial charge in [-0.3, -0.25) is 5.84 Å². The number of hydrazine groups is 1. The Hall–Kier alpha value is -0.910. The largest absolute Gasteiger partial charge is 0.497 e. The van der Waals surface area contributed by atoms with Crippen molar-refractivity contribution in [1.29, 1.82) is 0 Å². The monoisotopic (exact) mass is 200 g/mol. The molecule has 3 N–H and O–H groups in total. The lowest BCUT2D eigenvalue weighted by Gasteiger charge is -2.08. The summed E-state index contributed by atoms with van der Waals surface area (Å²) in [6, 6.07) is 5.52. The first-order valence-electron chi connectivity index (χ1n) is 3.66. The number of nitrogens with one attached hydrogen (secondary N) is 1. The minimum Gasteiger partial charge on any atom is -0.497 e. The predicted octanol–water partition coefficient (Wildman–Crippen LogP) is 1.17. The van der Waals surface area contributed by atoms with Gasteiger partial charge in [-0.1, -0.05) is 0 Å². The molecule has 0 saturated carbocycles. The third-order valence-corrected chi connectivity index (χ3v) is 2.20. The molecule has 0 fully saturated rings. The second-order valence-electron chi connectivity index (χ2n) is 2.24. The Morgan fingerprint density at radius 1 is 1.31 bits per heavy atom. The predicted molar refractivity (Wildman–Crippen MR) is 52.7 cm³/mol. The van der Waals surface area contributed by atoms with Gasteiger partial charge >= 0.3 is 0 Å². The summed E-state index contributed by atoms with van der Waals surface area (Å²) in [6.07, 6.45) is 0. The Morgan fingerprint density at radius 3 is 2.62 bits per heavy atom. The van der Waals surface area contributed by atoms with Gasteiger partial charge in [0, 0.05) is 0 Å². The molecule has 0 unspecified atom stereocenters. The fraction of sp³-hybridized carbons (Fsp3) is 0.250. The van der Waals surface area contributed by atoms with E-state index < -0.39 is 0 Å². The highest BCUT2D eigenvalue weighted by atomic mass is 32.2. The third-order valence-electron chi connectivity index (χ3n) is 1.54. The van der Waals surface area contributed by atoms with Crippen molar-refractivity contribution in [2.45, 2.75) is 4.90 Å². The summed E-state index contributed by atoms with van der Waals surface area (Å²) < 4.78 is 10.2.